The van der Waals surface area contributed by atoms with Crippen molar-refractivity contribution in [3.05, 3.63) is 45.9 Å². The van der Waals surface area contributed by atoms with E-state index in [4.69, 9.17) is 5.73 Å². The molecule has 0 saturated heterocycles. The third kappa shape index (κ3) is 3.01. The predicted molar refractivity (Wildman–Crippen MR) is 77.7 cm³/mol. The Labute approximate surface area is 121 Å². The number of anilines is 1. The van der Waals surface area contributed by atoms with Gasteiger partial charge in [-0.05, 0) is 17.5 Å². The van der Waals surface area contributed by atoms with Crippen molar-refractivity contribution in [1.82, 2.24) is 9.78 Å². The number of nitrogen functional groups attached to an aromatic ring is 1. The molecule has 1 heterocycles. The summed E-state index contributed by atoms with van der Waals surface area (Å²) in [4.78, 5) is 10.7. The van der Waals surface area contributed by atoms with Gasteiger partial charge >= 0.3 is 5.69 Å². The van der Waals surface area contributed by atoms with Gasteiger partial charge in [0.1, 0.15) is 17.2 Å². The van der Waals surface area contributed by atoms with Crippen LogP contribution in [0.2, 0.25) is 0 Å². The summed E-state index contributed by atoms with van der Waals surface area (Å²) in [7, 11) is 0. The molecule has 0 saturated carbocycles. The van der Waals surface area contributed by atoms with Gasteiger partial charge in [0.15, 0.2) is 0 Å². The molecule has 0 aliphatic carbocycles. The van der Waals surface area contributed by atoms with Gasteiger partial charge in [0.05, 0.1) is 4.92 Å². The predicted octanol–water partition coefficient (Wildman–Crippen LogP) is 3.09. The molecule has 0 aliphatic rings. The van der Waals surface area contributed by atoms with Gasteiger partial charge in [0, 0.05) is 6.42 Å². The van der Waals surface area contributed by atoms with Gasteiger partial charge < -0.3 is 5.73 Å². The van der Waals surface area contributed by atoms with Crippen molar-refractivity contribution in [3.63, 3.8) is 0 Å². The summed E-state index contributed by atoms with van der Waals surface area (Å²) in [5, 5.41) is 15.4. The summed E-state index contributed by atoms with van der Waals surface area (Å²) >= 11 is 0. The van der Waals surface area contributed by atoms with E-state index >= 15 is 0 Å². The summed E-state index contributed by atoms with van der Waals surface area (Å²) in [5.74, 6) is -0.701. The van der Waals surface area contributed by atoms with E-state index in [0.717, 1.165) is 4.68 Å². The highest BCUT2D eigenvalue weighted by atomic mass is 19.1. The quantitative estimate of drug-likeness (QED) is 0.695. The second kappa shape index (κ2) is 5.16. The molecule has 1 aromatic carbocycles. The van der Waals surface area contributed by atoms with Crippen molar-refractivity contribution in [3.8, 4) is 5.69 Å². The monoisotopic (exact) mass is 292 g/mol. The summed E-state index contributed by atoms with van der Waals surface area (Å²) in [6, 6.07) is 5.88. The largest absolute Gasteiger partial charge is 0.378 e. The highest BCUT2D eigenvalue weighted by Crippen LogP contribution is 2.33. The zero-order valence-corrected chi connectivity index (χ0v) is 12.1. The van der Waals surface area contributed by atoms with Gasteiger partial charge in [-0.15, -0.1) is 0 Å². The number of nitrogens with two attached hydrogens (primary N) is 1. The lowest BCUT2D eigenvalue weighted by Gasteiger charge is -2.15. The maximum Gasteiger partial charge on any atom is 0.334 e. The van der Waals surface area contributed by atoms with E-state index in [1.54, 1.807) is 6.07 Å². The van der Waals surface area contributed by atoms with Crippen LogP contribution in [0.3, 0.4) is 0 Å². The van der Waals surface area contributed by atoms with E-state index in [-0.39, 0.29) is 28.3 Å². The number of aromatic nitrogens is 2. The molecule has 1 aromatic heterocycles. The first-order valence-corrected chi connectivity index (χ1v) is 6.47. The first kappa shape index (κ1) is 15.0. The van der Waals surface area contributed by atoms with E-state index < -0.39 is 10.7 Å². The van der Waals surface area contributed by atoms with Crippen molar-refractivity contribution in [1.29, 1.82) is 0 Å². The topological polar surface area (TPSA) is 87.0 Å². The second-order valence-electron chi connectivity index (χ2n) is 6.04. The zero-order valence-electron chi connectivity index (χ0n) is 12.1. The SMILES string of the molecule is CC(C)(C)Cc1nn(-c2ccccc2F)c(N)c1[N+](=O)[O-]. The minimum absolute atomic E-state index is 0.0956. The molecule has 21 heavy (non-hydrogen) atoms. The number of para-hydroxylation sites is 1. The van der Waals surface area contributed by atoms with E-state index in [1.165, 1.54) is 18.2 Å². The molecule has 2 aromatic rings. The minimum atomic E-state index is -0.569. The van der Waals surface area contributed by atoms with Crippen molar-refractivity contribution >= 4 is 11.5 Å². The normalized spacial score (nSPS) is 11.6. The molecule has 0 amide bonds. The summed E-state index contributed by atoms with van der Waals surface area (Å²) in [5.41, 5.74) is 5.71. The van der Waals surface area contributed by atoms with E-state index in [2.05, 4.69) is 5.10 Å². The van der Waals surface area contributed by atoms with Crippen LogP contribution in [0.25, 0.3) is 5.69 Å². The lowest BCUT2D eigenvalue weighted by atomic mass is 9.90. The maximum absolute atomic E-state index is 13.8. The van der Waals surface area contributed by atoms with Gasteiger partial charge in [-0.3, -0.25) is 10.1 Å². The third-order valence-electron chi connectivity index (χ3n) is 2.93. The minimum Gasteiger partial charge on any atom is -0.378 e. The number of nitro groups is 1. The Kier molecular flexibility index (Phi) is 3.67. The smallest absolute Gasteiger partial charge is 0.334 e. The van der Waals surface area contributed by atoms with Crippen molar-refractivity contribution in [2.24, 2.45) is 5.41 Å². The van der Waals surface area contributed by atoms with Gasteiger partial charge in [0.25, 0.3) is 0 Å². The molecule has 0 aliphatic heterocycles. The van der Waals surface area contributed by atoms with Crippen LogP contribution in [0.4, 0.5) is 15.9 Å². The Morgan fingerprint density at radius 1 is 1.38 bits per heavy atom. The van der Waals surface area contributed by atoms with Crippen LogP contribution in [0.1, 0.15) is 26.5 Å². The fraction of sp³-hybridized carbons (Fsp3) is 0.357. The fourth-order valence-electron chi connectivity index (χ4n) is 2.10. The molecule has 0 atom stereocenters. The Morgan fingerprint density at radius 2 is 2.00 bits per heavy atom. The Balaban J connectivity index is 2.62. The molecular weight excluding hydrogens is 275 g/mol. The van der Waals surface area contributed by atoms with Crippen LogP contribution < -0.4 is 5.73 Å². The molecule has 0 spiro atoms. The van der Waals surface area contributed by atoms with Crippen molar-refractivity contribution in [2.75, 3.05) is 5.73 Å². The molecule has 0 fully saturated rings. The highest BCUT2D eigenvalue weighted by Gasteiger charge is 2.30. The number of hydrogen-bond acceptors (Lipinski definition) is 4. The van der Waals surface area contributed by atoms with Crippen LogP contribution in [0, 0.1) is 21.3 Å². The molecular formula is C14H17FN4O2. The third-order valence-corrected chi connectivity index (χ3v) is 2.93. The second-order valence-corrected chi connectivity index (χ2v) is 6.04. The summed E-state index contributed by atoms with van der Waals surface area (Å²) < 4.78 is 14.9. The van der Waals surface area contributed by atoms with Crippen LogP contribution >= 0.6 is 0 Å². The summed E-state index contributed by atoms with van der Waals surface area (Å²) in [6.07, 6.45) is 0.370. The standard InChI is InChI=1S/C14H17FN4O2/c1-14(2,3)8-10-12(19(20)21)13(16)18(17-10)11-7-5-4-6-9(11)15/h4-7H,8,16H2,1-3H3. The lowest BCUT2D eigenvalue weighted by molar-refractivity contribution is -0.384. The number of nitrogens with zero attached hydrogens (tertiary/aromatic N) is 3. The molecule has 6 nitrogen and oxygen atoms in total. The maximum atomic E-state index is 13.8. The first-order valence-electron chi connectivity index (χ1n) is 6.47. The van der Waals surface area contributed by atoms with Crippen LogP contribution in [0.15, 0.2) is 24.3 Å². The van der Waals surface area contributed by atoms with Gasteiger partial charge in [-0.2, -0.15) is 5.10 Å². The molecule has 112 valence electrons. The van der Waals surface area contributed by atoms with Gasteiger partial charge in [0.2, 0.25) is 5.82 Å². The lowest BCUT2D eigenvalue weighted by Crippen LogP contribution is -2.11. The molecule has 7 heteroatoms. The molecule has 2 N–H and O–H groups in total. The van der Waals surface area contributed by atoms with Gasteiger partial charge in [-0.1, -0.05) is 32.9 Å². The molecule has 2 rings (SSSR count). The van der Waals surface area contributed by atoms with Gasteiger partial charge in [-0.25, -0.2) is 9.07 Å². The highest BCUT2D eigenvalue weighted by molar-refractivity contribution is 5.60. The van der Waals surface area contributed by atoms with Crippen LogP contribution in [-0.2, 0) is 6.42 Å². The molecule has 0 bridgehead atoms. The van der Waals surface area contributed by atoms with E-state index in [1.807, 2.05) is 20.8 Å². The average molecular weight is 292 g/mol. The van der Waals surface area contributed by atoms with Crippen molar-refractivity contribution < 1.29 is 9.31 Å². The van der Waals surface area contributed by atoms with E-state index in [9.17, 15) is 14.5 Å². The zero-order chi connectivity index (χ0) is 15.8. The first-order chi connectivity index (χ1) is 9.70. The Morgan fingerprint density at radius 3 is 2.52 bits per heavy atom. The number of hydrogen-bond donors (Lipinski definition) is 1. The van der Waals surface area contributed by atoms with Crippen molar-refractivity contribution in [2.45, 2.75) is 27.2 Å². The van der Waals surface area contributed by atoms with E-state index in [0.29, 0.717) is 6.42 Å². The number of rotatable bonds is 3. The molecule has 0 radical (unpaired) electrons. The summed E-state index contributed by atoms with van der Waals surface area (Å²) in [6.45, 7) is 5.82. The molecule has 0 unspecified atom stereocenters. The average Bonchev–Trinajstić information content (AvgIpc) is 2.64. The number of benzene rings is 1. The number of halogens is 1. The Hall–Kier alpha value is -2.44. The Bertz CT molecular complexity index is 689. The van der Waals surface area contributed by atoms with Crippen LogP contribution in [0.5, 0.6) is 0 Å². The van der Waals surface area contributed by atoms with Crippen LogP contribution in [-0.4, -0.2) is 14.7 Å². The fourth-order valence-corrected chi connectivity index (χ4v) is 2.10.